The number of rotatable bonds is 2. The summed E-state index contributed by atoms with van der Waals surface area (Å²) in [6, 6.07) is 15.3. The molecule has 25 heavy (non-hydrogen) atoms. The normalized spacial score (nSPS) is 11.1. The number of para-hydroxylation sites is 1. The Hall–Kier alpha value is -3.34. The lowest BCUT2D eigenvalue weighted by molar-refractivity contribution is 0.467. The highest BCUT2D eigenvalue weighted by atomic mass is 16.3. The Morgan fingerprint density at radius 3 is 2.44 bits per heavy atom. The van der Waals surface area contributed by atoms with Crippen molar-refractivity contribution in [1.82, 2.24) is 15.2 Å². The van der Waals surface area contributed by atoms with Crippen molar-refractivity contribution < 1.29 is 5.11 Å². The van der Waals surface area contributed by atoms with E-state index in [0.29, 0.717) is 11.3 Å². The molecule has 0 saturated heterocycles. The number of nitrogens with zero attached hydrogens (tertiary/aromatic N) is 1. The van der Waals surface area contributed by atoms with Gasteiger partial charge in [-0.15, -0.1) is 0 Å². The molecule has 2 aromatic heterocycles. The molecule has 0 bridgehead atoms. The zero-order valence-electron chi connectivity index (χ0n) is 13.9. The minimum absolute atomic E-state index is 0.248. The third-order valence-corrected chi connectivity index (χ3v) is 4.41. The maximum Gasteiger partial charge on any atom is 0.273 e. The zero-order valence-corrected chi connectivity index (χ0v) is 13.9. The lowest BCUT2D eigenvalue weighted by Crippen LogP contribution is -2.11. The Morgan fingerprint density at radius 1 is 1.00 bits per heavy atom. The van der Waals surface area contributed by atoms with Crippen molar-refractivity contribution in [1.29, 1.82) is 0 Å². The van der Waals surface area contributed by atoms with E-state index in [1.807, 2.05) is 56.3 Å². The molecule has 5 nitrogen and oxygen atoms in total. The number of nitrogens with one attached hydrogen (secondary N) is 2. The summed E-state index contributed by atoms with van der Waals surface area (Å²) >= 11 is 0. The molecule has 0 aliphatic heterocycles. The predicted molar refractivity (Wildman–Crippen MR) is 98.7 cm³/mol. The number of aromatic amines is 2. The lowest BCUT2D eigenvalue weighted by Gasteiger charge is -2.08. The molecule has 2 aromatic carbocycles. The monoisotopic (exact) mass is 331 g/mol. The van der Waals surface area contributed by atoms with E-state index in [-0.39, 0.29) is 11.3 Å². The first kappa shape index (κ1) is 15.2. The fourth-order valence-electron chi connectivity index (χ4n) is 3.08. The number of phenolic OH excluding ortho intramolecular Hbond substituents is 1. The van der Waals surface area contributed by atoms with Crippen LogP contribution in [0.1, 0.15) is 11.1 Å². The number of benzene rings is 2. The molecular formula is C20H17N3O2. The van der Waals surface area contributed by atoms with E-state index in [1.165, 1.54) is 0 Å². The quantitative estimate of drug-likeness (QED) is 0.521. The number of aromatic nitrogens is 3. The van der Waals surface area contributed by atoms with E-state index in [9.17, 15) is 9.90 Å². The van der Waals surface area contributed by atoms with Gasteiger partial charge in [0.25, 0.3) is 5.56 Å². The topological polar surface area (TPSA) is 81.8 Å². The second-order valence-electron chi connectivity index (χ2n) is 6.22. The summed E-state index contributed by atoms with van der Waals surface area (Å²) in [6.07, 6.45) is 0. The van der Waals surface area contributed by atoms with E-state index < -0.39 is 0 Å². The van der Waals surface area contributed by atoms with E-state index in [1.54, 1.807) is 6.07 Å². The zero-order chi connectivity index (χ0) is 17.6. The van der Waals surface area contributed by atoms with Gasteiger partial charge < -0.3 is 10.1 Å². The van der Waals surface area contributed by atoms with Crippen molar-refractivity contribution >= 4 is 10.9 Å². The van der Waals surface area contributed by atoms with Gasteiger partial charge in [-0.05, 0) is 55.3 Å². The molecule has 4 rings (SSSR count). The molecule has 0 aliphatic carbocycles. The molecule has 3 N–H and O–H groups in total. The van der Waals surface area contributed by atoms with Crippen molar-refractivity contribution in [3.63, 3.8) is 0 Å². The van der Waals surface area contributed by atoms with Crippen LogP contribution in [0.3, 0.4) is 0 Å². The first-order chi connectivity index (χ1) is 12.0. The summed E-state index contributed by atoms with van der Waals surface area (Å²) in [7, 11) is 0. The third kappa shape index (κ3) is 2.59. The van der Waals surface area contributed by atoms with Gasteiger partial charge in [-0.2, -0.15) is 5.10 Å². The van der Waals surface area contributed by atoms with Crippen LogP contribution < -0.4 is 5.56 Å². The van der Waals surface area contributed by atoms with Crippen molar-refractivity contribution in [3.8, 4) is 28.3 Å². The maximum absolute atomic E-state index is 12.3. The molecule has 0 saturated carbocycles. The summed E-state index contributed by atoms with van der Waals surface area (Å²) in [6.45, 7) is 3.69. The van der Waals surface area contributed by atoms with Crippen LogP contribution in [0.2, 0.25) is 0 Å². The minimum Gasteiger partial charge on any atom is -0.507 e. The van der Waals surface area contributed by atoms with Crippen molar-refractivity contribution in [3.05, 3.63) is 70.0 Å². The average molecular weight is 331 g/mol. The van der Waals surface area contributed by atoms with Gasteiger partial charge in [-0.3, -0.25) is 4.79 Å². The molecular weight excluding hydrogens is 314 g/mol. The molecule has 124 valence electrons. The largest absolute Gasteiger partial charge is 0.507 e. The van der Waals surface area contributed by atoms with Crippen LogP contribution in [0, 0.1) is 13.8 Å². The minimum atomic E-state index is -0.248. The molecule has 5 heteroatoms. The predicted octanol–water partition coefficient (Wildman–Crippen LogP) is 3.91. The number of hydrogen-bond acceptors (Lipinski definition) is 3. The highest BCUT2D eigenvalue weighted by molar-refractivity contribution is 5.86. The molecule has 0 aliphatic rings. The average Bonchev–Trinajstić information content (AvgIpc) is 3.03. The molecule has 0 spiro atoms. The highest BCUT2D eigenvalue weighted by Crippen LogP contribution is 2.29. The number of fused-ring (bicyclic) bond motifs is 1. The second-order valence-corrected chi connectivity index (χ2v) is 6.22. The highest BCUT2D eigenvalue weighted by Gasteiger charge is 2.12. The van der Waals surface area contributed by atoms with Crippen molar-refractivity contribution in [2.45, 2.75) is 13.8 Å². The Bertz CT molecular complexity index is 1100. The van der Waals surface area contributed by atoms with Gasteiger partial charge in [0.15, 0.2) is 0 Å². The van der Waals surface area contributed by atoms with Gasteiger partial charge in [0, 0.05) is 16.5 Å². The fraction of sp³-hybridized carbons (Fsp3) is 0.100. The first-order valence-corrected chi connectivity index (χ1v) is 8.01. The number of aromatic hydroxyl groups is 1. The van der Waals surface area contributed by atoms with Crippen LogP contribution in [0.5, 0.6) is 5.75 Å². The number of hydrogen-bond donors (Lipinski definition) is 3. The van der Waals surface area contributed by atoms with Gasteiger partial charge in [0.1, 0.15) is 5.75 Å². The fourth-order valence-corrected chi connectivity index (χ4v) is 3.08. The van der Waals surface area contributed by atoms with E-state index in [4.69, 9.17) is 0 Å². The molecule has 0 amide bonds. The number of phenols is 1. The number of aryl methyl sites for hydroxylation is 2. The third-order valence-electron chi connectivity index (χ3n) is 4.41. The van der Waals surface area contributed by atoms with E-state index in [2.05, 4.69) is 15.2 Å². The molecule has 0 atom stereocenters. The molecule has 2 heterocycles. The standard InChI is InChI=1S/C20H17N3O2/c1-11-7-14(8-12(2)19(11)24)17-10-15(20(25)23-22-17)18-9-13-5-3-4-6-16(13)21-18/h3-10,21,24H,1-2H3,(H,23,25). The summed E-state index contributed by atoms with van der Waals surface area (Å²) in [5.74, 6) is 0.281. The summed E-state index contributed by atoms with van der Waals surface area (Å²) < 4.78 is 0. The van der Waals surface area contributed by atoms with Gasteiger partial charge >= 0.3 is 0 Å². The summed E-state index contributed by atoms with van der Waals surface area (Å²) in [4.78, 5) is 15.6. The van der Waals surface area contributed by atoms with E-state index in [0.717, 1.165) is 33.3 Å². The smallest absolute Gasteiger partial charge is 0.273 e. The molecule has 0 radical (unpaired) electrons. The molecule has 0 unspecified atom stereocenters. The Balaban J connectivity index is 1.88. The van der Waals surface area contributed by atoms with Crippen molar-refractivity contribution in [2.24, 2.45) is 0 Å². The van der Waals surface area contributed by atoms with Crippen LogP contribution in [0.25, 0.3) is 33.4 Å². The van der Waals surface area contributed by atoms with Crippen LogP contribution in [-0.2, 0) is 0 Å². The first-order valence-electron chi connectivity index (χ1n) is 8.01. The van der Waals surface area contributed by atoms with Crippen molar-refractivity contribution in [2.75, 3.05) is 0 Å². The van der Waals surface area contributed by atoms with Gasteiger partial charge in [0.2, 0.25) is 0 Å². The second kappa shape index (κ2) is 5.63. The summed E-state index contributed by atoms with van der Waals surface area (Å²) in [5, 5.41) is 17.7. The van der Waals surface area contributed by atoms with Crippen LogP contribution >= 0.6 is 0 Å². The van der Waals surface area contributed by atoms with Crippen LogP contribution in [-0.4, -0.2) is 20.3 Å². The van der Waals surface area contributed by atoms with Gasteiger partial charge in [-0.1, -0.05) is 18.2 Å². The van der Waals surface area contributed by atoms with Crippen LogP contribution in [0.15, 0.2) is 53.3 Å². The van der Waals surface area contributed by atoms with Crippen LogP contribution in [0.4, 0.5) is 0 Å². The van der Waals surface area contributed by atoms with Gasteiger partial charge in [0.05, 0.1) is 17.0 Å². The Kier molecular flexibility index (Phi) is 3.42. The number of H-pyrrole nitrogens is 2. The maximum atomic E-state index is 12.3. The Morgan fingerprint density at radius 2 is 1.72 bits per heavy atom. The van der Waals surface area contributed by atoms with E-state index >= 15 is 0 Å². The SMILES string of the molecule is Cc1cc(-c2cc(-c3cc4ccccc4[nH]3)c(=O)[nH]n2)cc(C)c1O. The Labute approximate surface area is 144 Å². The van der Waals surface area contributed by atoms with Gasteiger partial charge in [-0.25, -0.2) is 5.10 Å². The lowest BCUT2D eigenvalue weighted by atomic mass is 10.0. The summed E-state index contributed by atoms with van der Waals surface area (Å²) in [5.41, 5.74) is 5.06. The molecule has 0 fully saturated rings. The molecule has 4 aromatic rings.